The van der Waals surface area contributed by atoms with Gasteiger partial charge in [0.15, 0.2) is 0 Å². The molecule has 1 aromatic carbocycles. The van der Waals surface area contributed by atoms with Gasteiger partial charge in [0.25, 0.3) is 0 Å². The maximum atomic E-state index is 13.2. The molecule has 4 nitrogen and oxygen atoms in total. The van der Waals surface area contributed by atoms with E-state index in [4.69, 9.17) is 0 Å². The molecular formula is C14H9F7N2O2S. The van der Waals surface area contributed by atoms with Crippen LogP contribution in [0.15, 0.2) is 47.6 Å². The molecule has 0 aliphatic heterocycles. The first kappa shape index (κ1) is 20.1. The van der Waals surface area contributed by atoms with E-state index >= 15 is 0 Å². The van der Waals surface area contributed by atoms with Crippen LogP contribution in [-0.4, -0.2) is 19.6 Å². The normalized spacial score (nSPS) is 14.3. The molecular weight excluding hydrogens is 393 g/mol. The molecule has 1 heterocycles. The maximum Gasteiger partial charge on any atom is 0.416 e. The Balaban J connectivity index is 2.40. The molecule has 0 unspecified atom stereocenters. The van der Waals surface area contributed by atoms with Gasteiger partial charge in [-0.25, -0.2) is 12.8 Å². The van der Waals surface area contributed by atoms with Gasteiger partial charge >= 0.3 is 12.4 Å². The number of hydrogen-bond acceptors (Lipinski definition) is 3. The van der Waals surface area contributed by atoms with Crippen LogP contribution in [0.1, 0.15) is 17.2 Å². The van der Waals surface area contributed by atoms with Gasteiger partial charge in [0, 0.05) is 6.20 Å². The van der Waals surface area contributed by atoms with Gasteiger partial charge in [-0.15, -0.1) is 0 Å². The molecule has 0 radical (unpaired) electrons. The number of pyridine rings is 1. The summed E-state index contributed by atoms with van der Waals surface area (Å²) in [6, 6.07) is -0.577. The maximum absolute atomic E-state index is 13.2. The van der Waals surface area contributed by atoms with Crippen molar-refractivity contribution in [3.8, 4) is 0 Å². The highest BCUT2D eigenvalue weighted by Crippen LogP contribution is 2.36. The van der Waals surface area contributed by atoms with E-state index in [1.165, 1.54) is 4.72 Å². The van der Waals surface area contributed by atoms with Crippen molar-refractivity contribution in [2.75, 3.05) is 0 Å². The second-order valence-corrected chi connectivity index (χ2v) is 6.77. The van der Waals surface area contributed by atoms with Gasteiger partial charge in [0.05, 0.1) is 11.8 Å². The molecule has 2 aromatic rings. The first-order valence-electron chi connectivity index (χ1n) is 6.67. The molecule has 0 bridgehead atoms. The molecule has 1 atom stereocenters. The lowest BCUT2D eigenvalue weighted by Gasteiger charge is -2.22. The van der Waals surface area contributed by atoms with Crippen LogP contribution in [0, 0.1) is 5.82 Å². The Morgan fingerprint density at radius 3 is 2.00 bits per heavy atom. The van der Waals surface area contributed by atoms with E-state index in [-0.39, 0.29) is 0 Å². The van der Waals surface area contributed by atoms with Crippen molar-refractivity contribution in [3.05, 3.63) is 59.7 Å². The summed E-state index contributed by atoms with van der Waals surface area (Å²) in [5.74, 6) is -1.09. The van der Waals surface area contributed by atoms with Crippen molar-refractivity contribution >= 4 is 10.0 Å². The summed E-state index contributed by atoms with van der Waals surface area (Å²) in [4.78, 5) is 2.37. The number of aromatic nitrogens is 1. The number of sulfonamides is 1. The van der Waals surface area contributed by atoms with Crippen LogP contribution in [0.2, 0.25) is 0 Å². The Kier molecular flexibility index (Phi) is 5.29. The molecule has 0 fully saturated rings. The highest BCUT2D eigenvalue weighted by molar-refractivity contribution is 7.89. The minimum atomic E-state index is -5.16. The molecule has 0 saturated carbocycles. The van der Waals surface area contributed by atoms with Gasteiger partial charge in [0.2, 0.25) is 10.0 Å². The Morgan fingerprint density at radius 2 is 1.54 bits per heavy atom. The number of hydrogen-bond donors (Lipinski definition) is 1. The van der Waals surface area contributed by atoms with Crippen molar-refractivity contribution < 1.29 is 39.2 Å². The summed E-state index contributed by atoms with van der Waals surface area (Å²) in [6.45, 7) is 0. The molecule has 26 heavy (non-hydrogen) atoms. The zero-order chi connectivity index (χ0) is 19.8. The van der Waals surface area contributed by atoms with Crippen LogP contribution in [-0.2, 0) is 16.2 Å². The van der Waals surface area contributed by atoms with Gasteiger partial charge in [-0.1, -0.05) is 12.1 Å². The summed E-state index contributed by atoms with van der Waals surface area (Å²) in [6.07, 6.45) is -8.64. The highest BCUT2D eigenvalue weighted by atomic mass is 32.2. The summed E-state index contributed by atoms with van der Waals surface area (Å²) < 4.78 is 116. The van der Waals surface area contributed by atoms with Gasteiger partial charge in [-0.2, -0.15) is 31.1 Å². The summed E-state index contributed by atoms with van der Waals surface area (Å²) in [5, 5.41) is 0. The molecule has 1 N–H and O–H groups in total. The second-order valence-electron chi connectivity index (χ2n) is 5.05. The first-order chi connectivity index (χ1) is 11.8. The molecule has 0 aliphatic rings. The average Bonchev–Trinajstić information content (AvgIpc) is 2.51. The largest absolute Gasteiger partial charge is 0.416 e. The molecule has 2 rings (SSSR count). The van der Waals surface area contributed by atoms with Gasteiger partial charge in [0.1, 0.15) is 16.8 Å². The van der Waals surface area contributed by atoms with E-state index in [0.717, 1.165) is 0 Å². The molecule has 0 saturated heterocycles. The molecule has 12 heteroatoms. The molecule has 0 amide bonds. The van der Waals surface area contributed by atoms with Crippen LogP contribution < -0.4 is 4.72 Å². The average molecular weight is 402 g/mol. The standard InChI is InChI=1S/C14H9F7N2O2S/c15-10-5-11(7-22-6-10)26(24,25)23-12(14(19,20)21)8-1-3-9(4-2-8)13(16,17)18/h1-7,12,23H/t12-/m1/s1. The fourth-order valence-electron chi connectivity index (χ4n) is 1.95. The minimum absolute atomic E-state index is 0.395. The molecule has 0 spiro atoms. The van der Waals surface area contributed by atoms with Crippen LogP contribution in [0.5, 0.6) is 0 Å². The number of nitrogens with one attached hydrogen (secondary N) is 1. The third-order valence-corrected chi connectivity index (χ3v) is 4.55. The Morgan fingerprint density at radius 1 is 0.962 bits per heavy atom. The SMILES string of the molecule is O=S(=O)(N[C@H](c1ccc(C(F)(F)F)cc1)C(F)(F)F)c1cncc(F)c1. The molecule has 142 valence electrons. The zero-order valence-corrected chi connectivity index (χ0v) is 13.3. The quantitative estimate of drug-likeness (QED) is 0.792. The third kappa shape index (κ3) is 4.69. The monoisotopic (exact) mass is 402 g/mol. The summed E-state index contributed by atoms with van der Waals surface area (Å²) in [7, 11) is -4.85. The smallest absolute Gasteiger partial charge is 0.260 e. The lowest BCUT2D eigenvalue weighted by Crippen LogP contribution is -2.38. The highest BCUT2D eigenvalue weighted by Gasteiger charge is 2.44. The van der Waals surface area contributed by atoms with Crippen LogP contribution in [0.25, 0.3) is 0 Å². The first-order valence-corrected chi connectivity index (χ1v) is 8.16. The number of benzene rings is 1. The lowest BCUT2D eigenvalue weighted by molar-refractivity contribution is -0.153. The van der Waals surface area contributed by atoms with Crippen molar-refractivity contribution in [3.63, 3.8) is 0 Å². The van der Waals surface area contributed by atoms with Crippen LogP contribution in [0.4, 0.5) is 30.7 Å². The van der Waals surface area contributed by atoms with Gasteiger partial charge in [-0.3, -0.25) is 4.98 Å². The van der Waals surface area contributed by atoms with Crippen molar-refractivity contribution in [2.45, 2.75) is 23.3 Å². The lowest BCUT2D eigenvalue weighted by atomic mass is 10.1. The van der Waals surface area contributed by atoms with E-state index in [2.05, 4.69) is 4.98 Å². The van der Waals surface area contributed by atoms with E-state index in [1.807, 2.05) is 0 Å². The Bertz CT molecular complexity index is 877. The minimum Gasteiger partial charge on any atom is -0.260 e. The van der Waals surface area contributed by atoms with Gasteiger partial charge in [-0.05, 0) is 23.8 Å². The van der Waals surface area contributed by atoms with Gasteiger partial charge < -0.3 is 0 Å². The fourth-order valence-corrected chi connectivity index (χ4v) is 3.13. The van der Waals surface area contributed by atoms with E-state index in [0.29, 0.717) is 42.7 Å². The van der Waals surface area contributed by atoms with Crippen molar-refractivity contribution in [1.29, 1.82) is 0 Å². The van der Waals surface area contributed by atoms with Crippen molar-refractivity contribution in [2.24, 2.45) is 0 Å². The molecule has 0 aliphatic carbocycles. The number of halogens is 7. The fraction of sp³-hybridized carbons (Fsp3) is 0.214. The van der Waals surface area contributed by atoms with Crippen molar-refractivity contribution in [1.82, 2.24) is 9.71 Å². The predicted octanol–water partition coefficient (Wildman–Crippen LogP) is 3.82. The van der Waals surface area contributed by atoms with E-state index < -0.39 is 50.3 Å². The Labute approximate surface area is 142 Å². The number of alkyl halides is 6. The van der Waals surface area contributed by atoms with Crippen LogP contribution >= 0.6 is 0 Å². The number of rotatable bonds is 4. The summed E-state index contributed by atoms with van der Waals surface area (Å²) in [5.41, 5.74) is -1.96. The topological polar surface area (TPSA) is 59.1 Å². The summed E-state index contributed by atoms with van der Waals surface area (Å²) >= 11 is 0. The van der Waals surface area contributed by atoms with E-state index in [9.17, 15) is 39.2 Å². The number of nitrogens with zero attached hydrogens (tertiary/aromatic N) is 1. The Hall–Kier alpha value is -2.21. The van der Waals surface area contributed by atoms with Crippen LogP contribution in [0.3, 0.4) is 0 Å². The third-order valence-electron chi connectivity index (χ3n) is 3.16. The predicted molar refractivity (Wildman–Crippen MR) is 74.8 cm³/mol. The zero-order valence-electron chi connectivity index (χ0n) is 12.4. The molecule has 1 aromatic heterocycles. The second kappa shape index (κ2) is 6.83. The van der Waals surface area contributed by atoms with E-state index in [1.54, 1.807) is 0 Å².